The van der Waals surface area contributed by atoms with Gasteiger partial charge in [-0.05, 0) is 31.5 Å². The Morgan fingerprint density at radius 2 is 1.83 bits per heavy atom. The quantitative estimate of drug-likeness (QED) is 0.812. The number of hydrogen-bond donors (Lipinski definition) is 1. The minimum absolute atomic E-state index is 0.212. The highest BCUT2D eigenvalue weighted by Crippen LogP contribution is 2.36. The van der Waals surface area contributed by atoms with Crippen LogP contribution in [0, 0.1) is 5.92 Å². The Kier molecular flexibility index (Phi) is 5.03. The molecule has 3 rings (SSSR count). The summed E-state index contributed by atoms with van der Waals surface area (Å²) in [5.41, 5.74) is 7.94. The summed E-state index contributed by atoms with van der Waals surface area (Å²) < 4.78 is 23.1. The zero-order valence-corrected chi connectivity index (χ0v) is 13.7. The number of hydrogen-bond acceptors (Lipinski definition) is 6. The van der Waals surface area contributed by atoms with Crippen molar-refractivity contribution in [2.45, 2.75) is 33.1 Å². The van der Waals surface area contributed by atoms with Crippen molar-refractivity contribution in [1.82, 2.24) is 0 Å². The summed E-state index contributed by atoms with van der Waals surface area (Å²) in [6, 6.07) is 3.92. The summed E-state index contributed by atoms with van der Waals surface area (Å²) >= 11 is 0. The molecule has 2 heterocycles. The number of nitrogens with zero attached hydrogens (tertiary/aromatic N) is 1. The fourth-order valence-electron chi connectivity index (χ4n) is 2.88. The minimum atomic E-state index is -0.212. The molecule has 0 aromatic heterocycles. The van der Waals surface area contributed by atoms with Crippen molar-refractivity contribution in [2.75, 3.05) is 26.4 Å². The third-order valence-electron chi connectivity index (χ3n) is 4.05. The van der Waals surface area contributed by atoms with Gasteiger partial charge in [-0.3, -0.25) is 4.99 Å². The van der Waals surface area contributed by atoms with Crippen molar-refractivity contribution >= 4 is 5.84 Å². The van der Waals surface area contributed by atoms with E-state index in [9.17, 15) is 0 Å². The predicted molar refractivity (Wildman–Crippen MR) is 87.0 cm³/mol. The second kappa shape index (κ2) is 7.19. The van der Waals surface area contributed by atoms with Gasteiger partial charge in [-0.1, -0.05) is 0 Å². The summed E-state index contributed by atoms with van der Waals surface area (Å²) in [6.45, 7) is 6.95. The average Bonchev–Trinajstić information content (AvgIpc) is 2.78. The number of aliphatic imine (C=N–C) groups is 1. The highest BCUT2D eigenvalue weighted by Gasteiger charge is 2.25. The summed E-state index contributed by atoms with van der Waals surface area (Å²) in [7, 11) is 0. The van der Waals surface area contributed by atoms with E-state index >= 15 is 0 Å². The van der Waals surface area contributed by atoms with Crippen molar-refractivity contribution in [3.8, 4) is 11.5 Å². The van der Waals surface area contributed by atoms with Crippen molar-refractivity contribution in [3.63, 3.8) is 0 Å². The van der Waals surface area contributed by atoms with Crippen LogP contribution in [0.3, 0.4) is 0 Å². The maximum absolute atomic E-state index is 5.95. The molecule has 23 heavy (non-hydrogen) atoms. The molecule has 2 N–H and O–H groups in total. The van der Waals surface area contributed by atoms with E-state index in [1.807, 2.05) is 26.0 Å². The summed E-state index contributed by atoms with van der Waals surface area (Å²) in [4.78, 5) is 4.24. The molecule has 2 aliphatic rings. The SMILES string of the molecule is CCOC(CC1COc2cc3c(cc2OC1)C(N)=NC3)OCC. The van der Waals surface area contributed by atoms with Gasteiger partial charge in [0.25, 0.3) is 0 Å². The first kappa shape index (κ1) is 16.1. The van der Waals surface area contributed by atoms with Gasteiger partial charge >= 0.3 is 0 Å². The van der Waals surface area contributed by atoms with Gasteiger partial charge in [0.2, 0.25) is 0 Å². The normalized spacial score (nSPS) is 19.4. The molecule has 0 fully saturated rings. The van der Waals surface area contributed by atoms with Gasteiger partial charge < -0.3 is 24.7 Å². The predicted octanol–water partition coefficient (Wildman–Crippen LogP) is 2.08. The third kappa shape index (κ3) is 3.59. The van der Waals surface area contributed by atoms with Crippen LogP contribution < -0.4 is 15.2 Å². The molecule has 6 nitrogen and oxygen atoms in total. The molecular formula is C17H24N2O4. The van der Waals surface area contributed by atoms with E-state index in [2.05, 4.69) is 4.99 Å². The van der Waals surface area contributed by atoms with Crippen LogP contribution in [0.4, 0.5) is 0 Å². The van der Waals surface area contributed by atoms with Crippen molar-refractivity contribution < 1.29 is 18.9 Å². The van der Waals surface area contributed by atoms with E-state index in [-0.39, 0.29) is 12.2 Å². The molecule has 1 unspecified atom stereocenters. The Morgan fingerprint density at radius 3 is 2.48 bits per heavy atom. The monoisotopic (exact) mass is 320 g/mol. The van der Waals surface area contributed by atoms with Crippen LogP contribution in [0.15, 0.2) is 17.1 Å². The second-order valence-corrected chi connectivity index (χ2v) is 5.72. The largest absolute Gasteiger partial charge is 0.489 e. The zero-order valence-electron chi connectivity index (χ0n) is 13.7. The number of amidine groups is 1. The summed E-state index contributed by atoms with van der Waals surface area (Å²) in [6.07, 6.45) is 0.537. The molecule has 1 atom stereocenters. The van der Waals surface area contributed by atoms with Crippen LogP contribution in [0.5, 0.6) is 11.5 Å². The van der Waals surface area contributed by atoms with Crippen molar-refractivity contribution in [2.24, 2.45) is 16.6 Å². The zero-order chi connectivity index (χ0) is 16.2. The summed E-state index contributed by atoms with van der Waals surface area (Å²) in [5, 5.41) is 0. The molecule has 1 aromatic carbocycles. The van der Waals surface area contributed by atoms with Gasteiger partial charge in [0.15, 0.2) is 17.8 Å². The first-order chi connectivity index (χ1) is 11.2. The van der Waals surface area contributed by atoms with E-state index in [0.29, 0.717) is 38.8 Å². The Balaban J connectivity index is 1.67. The van der Waals surface area contributed by atoms with E-state index in [4.69, 9.17) is 24.7 Å². The molecule has 2 aliphatic heterocycles. The van der Waals surface area contributed by atoms with Crippen LogP contribution in [0.1, 0.15) is 31.4 Å². The number of fused-ring (bicyclic) bond motifs is 2. The lowest BCUT2D eigenvalue weighted by molar-refractivity contribution is -0.148. The highest BCUT2D eigenvalue weighted by atomic mass is 16.7. The number of nitrogens with two attached hydrogens (primary N) is 1. The smallest absolute Gasteiger partial charge is 0.161 e. The molecule has 0 bridgehead atoms. The van der Waals surface area contributed by atoms with E-state index < -0.39 is 0 Å². The minimum Gasteiger partial charge on any atom is -0.489 e. The molecule has 6 heteroatoms. The third-order valence-corrected chi connectivity index (χ3v) is 4.05. The van der Waals surface area contributed by atoms with Gasteiger partial charge in [-0.2, -0.15) is 0 Å². The molecule has 0 aliphatic carbocycles. The second-order valence-electron chi connectivity index (χ2n) is 5.72. The molecular weight excluding hydrogens is 296 g/mol. The Morgan fingerprint density at radius 1 is 1.17 bits per heavy atom. The number of rotatable bonds is 6. The van der Waals surface area contributed by atoms with Crippen molar-refractivity contribution in [3.05, 3.63) is 23.3 Å². The van der Waals surface area contributed by atoms with Gasteiger partial charge in [-0.25, -0.2) is 0 Å². The average molecular weight is 320 g/mol. The van der Waals surface area contributed by atoms with Crippen LogP contribution >= 0.6 is 0 Å². The number of benzene rings is 1. The van der Waals surface area contributed by atoms with Crippen LogP contribution in [0.25, 0.3) is 0 Å². The fourth-order valence-corrected chi connectivity index (χ4v) is 2.88. The maximum Gasteiger partial charge on any atom is 0.161 e. The standard InChI is InChI=1S/C17H24N2O4/c1-3-20-16(21-4-2)5-11-9-22-14-6-12-8-19-17(18)13(12)7-15(14)23-10-11/h6-7,11,16H,3-5,8-10H2,1-2H3,(H2,18,19). The molecule has 0 amide bonds. The lowest BCUT2D eigenvalue weighted by Crippen LogP contribution is -2.27. The Hall–Kier alpha value is -1.79. The van der Waals surface area contributed by atoms with Gasteiger partial charge in [0.1, 0.15) is 5.84 Å². The van der Waals surface area contributed by atoms with Crippen LogP contribution in [-0.2, 0) is 16.0 Å². The van der Waals surface area contributed by atoms with Gasteiger partial charge in [0, 0.05) is 31.1 Å². The molecule has 0 saturated heterocycles. The first-order valence-corrected chi connectivity index (χ1v) is 8.17. The van der Waals surface area contributed by atoms with Gasteiger partial charge in [0.05, 0.1) is 19.8 Å². The molecule has 0 radical (unpaired) electrons. The maximum atomic E-state index is 5.95. The lowest BCUT2D eigenvalue weighted by atomic mass is 10.1. The Bertz CT molecular complexity index is 582. The topological polar surface area (TPSA) is 75.3 Å². The fraction of sp³-hybridized carbons (Fsp3) is 0.588. The highest BCUT2D eigenvalue weighted by molar-refractivity contribution is 6.01. The van der Waals surface area contributed by atoms with E-state index in [0.717, 1.165) is 29.0 Å². The van der Waals surface area contributed by atoms with Gasteiger partial charge in [-0.15, -0.1) is 0 Å². The molecule has 1 aromatic rings. The molecule has 126 valence electrons. The Labute approximate surface area is 136 Å². The summed E-state index contributed by atoms with van der Waals surface area (Å²) in [5.74, 6) is 2.28. The van der Waals surface area contributed by atoms with E-state index in [1.54, 1.807) is 0 Å². The first-order valence-electron chi connectivity index (χ1n) is 8.17. The molecule has 0 spiro atoms. The van der Waals surface area contributed by atoms with E-state index in [1.165, 1.54) is 0 Å². The number of ether oxygens (including phenoxy) is 4. The van der Waals surface area contributed by atoms with Crippen molar-refractivity contribution in [1.29, 1.82) is 0 Å². The van der Waals surface area contributed by atoms with Crippen LogP contribution in [0.2, 0.25) is 0 Å². The molecule has 0 saturated carbocycles. The lowest BCUT2D eigenvalue weighted by Gasteiger charge is -2.21. The van der Waals surface area contributed by atoms with Crippen LogP contribution in [-0.4, -0.2) is 38.6 Å².